The average Bonchev–Trinajstić information content (AvgIpc) is 3.58. The predicted molar refractivity (Wildman–Crippen MR) is 116 cm³/mol. The summed E-state index contributed by atoms with van der Waals surface area (Å²) >= 11 is 0. The van der Waals surface area contributed by atoms with Crippen LogP contribution in [0.1, 0.15) is 25.3 Å². The molecule has 0 bridgehead atoms. The number of hydrogen-bond acceptors (Lipinski definition) is 5. The van der Waals surface area contributed by atoms with Gasteiger partial charge in [0.25, 0.3) is 0 Å². The highest BCUT2D eigenvalue weighted by Gasteiger charge is 2.46. The van der Waals surface area contributed by atoms with Gasteiger partial charge in [-0.2, -0.15) is 0 Å². The second-order valence-electron chi connectivity index (χ2n) is 7.67. The predicted octanol–water partition coefficient (Wildman–Crippen LogP) is 2.30. The number of piperazine rings is 1. The van der Waals surface area contributed by atoms with Gasteiger partial charge in [-0.15, -0.1) is 0 Å². The van der Waals surface area contributed by atoms with E-state index in [1.165, 1.54) is 5.56 Å². The van der Waals surface area contributed by atoms with Gasteiger partial charge in [-0.3, -0.25) is 4.99 Å². The lowest BCUT2D eigenvalue weighted by atomic mass is 9.95. The molecule has 1 aliphatic heterocycles. The van der Waals surface area contributed by atoms with Gasteiger partial charge in [-0.05, 0) is 31.9 Å². The van der Waals surface area contributed by atoms with E-state index in [9.17, 15) is 0 Å². The number of para-hydroxylation sites is 1. The Kier molecular flexibility index (Phi) is 5.83. The van der Waals surface area contributed by atoms with E-state index in [1.54, 1.807) is 19.5 Å². The maximum absolute atomic E-state index is 5.60. The molecule has 1 aliphatic carbocycles. The lowest BCUT2D eigenvalue weighted by Crippen LogP contribution is -2.53. The summed E-state index contributed by atoms with van der Waals surface area (Å²) in [5.41, 5.74) is 1.40. The van der Waals surface area contributed by atoms with Gasteiger partial charge in [0.15, 0.2) is 5.96 Å². The number of anilines is 1. The van der Waals surface area contributed by atoms with Gasteiger partial charge in [0.05, 0.1) is 13.7 Å². The summed E-state index contributed by atoms with van der Waals surface area (Å²) < 4.78 is 5.60. The number of aromatic nitrogens is 2. The molecule has 2 aromatic rings. The molecule has 1 aromatic heterocycles. The highest BCUT2D eigenvalue weighted by atomic mass is 16.5. The Labute approximate surface area is 172 Å². The summed E-state index contributed by atoms with van der Waals surface area (Å²) in [6.07, 6.45) is 5.92. The lowest BCUT2D eigenvalue weighted by Gasteiger charge is -2.36. The van der Waals surface area contributed by atoms with Crippen molar-refractivity contribution in [3.63, 3.8) is 0 Å². The van der Waals surface area contributed by atoms with Crippen LogP contribution in [0.2, 0.25) is 0 Å². The summed E-state index contributed by atoms with van der Waals surface area (Å²) in [5, 5.41) is 3.48. The van der Waals surface area contributed by atoms with E-state index < -0.39 is 0 Å². The van der Waals surface area contributed by atoms with Gasteiger partial charge in [0.2, 0.25) is 5.95 Å². The highest BCUT2D eigenvalue weighted by molar-refractivity contribution is 5.80. The Morgan fingerprint density at radius 3 is 2.48 bits per heavy atom. The molecule has 0 atom stereocenters. The Balaban J connectivity index is 1.44. The van der Waals surface area contributed by atoms with Crippen molar-refractivity contribution >= 4 is 11.9 Å². The number of nitrogens with one attached hydrogen (secondary N) is 1. The van der Waals surface area contributed by atoms with Crippen LogP contribution in [0.3, 0.4) is 0 Å². The number of nitrogens with zero attached hydrogens (tertiary/aromatic N) is 5. The monoisotopic (exact) mass is 394 g/mol. The van der Waals surface area contributed by atoms with E-state index in [2.05, 4.69) is 50.2 Å². The van der Waals surface area contributed by atoms with E-state index in [1.807, 2.05) is 12.1 Å². The fourth-order valence-corrected chi connectivity index (χ4v) is 3.97. The SMILES string of the molecule is CCNC(=NCC1(c2ccccc2OC)CC1)N1CCN(c2ncccn2)CC1. The summed E-state index contributed by atoms with van der Waals surface area (Å²) in [7, 11) is 1.75. The minimum absolute atomic E-state index is 0.118. The number of rotatable bonds is 6. The molecule has 2 aliphatic rings. The largest absolute Gasteiger partial charge is 0.496 e. The van der Waals surface area contributed by atoms with Crippen molar-refractivity contribution in [1.82, 2.24) is 20.2 Å². The van der Waals surface area contributed by atoms with Crippen LogP contribution in [0, 0.1) is 0 Å². The van der Waals surface area contributed by atoms with Crippen LogP contribution < -0.4 is 15.0 Å². The maximum atomic E-state index is 5.60. The molecule has 0 spiro atoms. The number of benzene rings is 1. The van der Waals surface area contributed by atoms with E-state index >= 15 is 0 Å². The minimum Gasteiger partial charge on any atom is -0.496 e. The molecule has 7 heteroatoms. The molecule has 7 nitrogen and oxygen atoms in total. The third-order valence-electron chi connectivity index (χ3n) is 5.81. The van der Waals surface area contributed by atoms with Gasteiger partial charge < -0.3 is 19.9 Å². The molecule has 1 saturated carbocycles. The minimum atomic E-state index is 0.118. The van der Waals surface area contributed by atoms with Crippen molar-refractivity contribution in [2.24, 2.45) is 4.99 Å². The lowest BCUT2D eigenvalue weighted by molar-refractivity contribution is 0.369. The van der Waals surface area contributed by atoms with Crippen LogP contribution in [-0.4, -0.2) is 67.2 Å². The number of guanidine groups is 1. The summed E-state index contributed by atoms with van der Waals surface area (Å²) in [4.78, 5) is 18.4. The first-order valence-corrected chi connectivity index (χ1v) is 10.4. The fourth-order valence-electron chi connectivity index (χ4n) is 3.97. The molecule has 0 radical (unpaired) electrons. The zero-order chi connectivity index (χ0) is 20.1. The van der Waals surface area contributed by atoms with E-state index in [4.69, 9.17) is 9.73 Å². The Morgan fingerprint density at radius 2 is 1.83 bits per heavy atom. The molecule has 2 fully saturated rings. The summed E-state index contributed by atoms with van der Waals surface area (Å²) in [5.74, 6) is 2.78. The molecule has 4 rings (SSSR count). The molecule has 154 valence electrons. The van der Waals surface area contributed by atoms with Crippen LogP contribution in [-0.2, 0) is 5.41 Å². The maximum Gasteiger partial charge on any atom is 0.225 e. The zero-order valence-electron chi connectivity index (χ0n) is 17.3. The second kappa shape index (κ2) is 8.68. The molecule has 1 N–H and O–H groups in total. The van der Waals surface area contributed by atoms with Crippen LogP contribution in [0.25, 0.3) is 0 Å². The molecular weight excluding hydrogens is 364 g/mol. The van der Waals surface area contributed by atoms with Gasteiger partial charge in [-0.1, -0.05) is 18.2 Å². The first-order valence-electron chi connectivity index (χ1n) is 10.4. The van der Waals surface area contributed by atoms with Crippen molar-refractivity contribution in [1.29, 1.82) is 0 Å². The van der Waals surface area contributed by atoms with Crippen molar-refractivity contribution in [2.45, 2.75) is 25.2 Å². The van der Waals surface area contributed by atoms with Crippen LogP contribution in [0.15, 0.2) is 47.7 Å². The van der Waals surface area contributed by atoms with Crippen LogP contribution >= 0.6 is 0 Å². The molecule has 0 amide bonds. The number of hydrogen-bond donors (Lipinski definition) is 1. The number of methoxy groups -OCH3 is 1. The number of ether oxygens (including phenoxy) is 1. The van der Waals surface area contributed by atoms with Crippen molar-refractivity contribution in [3.8, 4) is 5.75 Å². The van der Waals surface area contributed by atoms with E-state index in [0.717, 1.165) is 69.8 Å². The summed E-state index contributed by atoms with van der Waals surface area (Å²) in [6.45, 7) is 7.38. The van der Waals surface area contributed by atoms with Gasteiger partial charge in [-0.25, -0.2) is 9.97 Å². The van der Waals surface area contributed by atoms with Gasteiger partial charge in [0, 0.05) is 56.1 Å². The highest BCUT2D eigenvalue weighted by Crippen LogP contribution is 2.51. The Hall–Kier alpha value is -2.83. The molecule has 0 unspecified atom stereocenters. The topological polar surface area (TPSA) is 65.9 Å². The quantitative estimate of drug-likeness (QED) is 0.599. The standard InChI is InChI=1S/C22H30N6O/c1-3-23-20(27-13-15-28(16-14-27)21-24-11-6-12-25-21)26-17-22(9-10-22)18-7-4-5-8-19(18)29-2/h4-8,11-12H,3,9-10,13-17H2,1-2H3,(H,23,26). The first kappa shape index (κ1) is 19.5. The van der Waals surface area contributed by atoms with Gasteiger partial charge >= 0.3 is 0 Å². The third kappa shape index (κ3) is 4.28. The fraction of sp³-hybridized carbons (Fsp3) is 0.500. The zero-order valence-corrected chi connectivity index (χ0v) is 17.3. The molecule has 1 saturated heterocycles. The van der Waals surface area contributed by atoms with E-state index in [-0.39, 0.29) is 5.41 Å². The Morgan fingerprint density at radius 1 is 1.10 bits per heavy atom. The Bertz CT molecular complexity index is 828. The second-order valence-corrected chi connectivity index (χ2v) is 7.67. The van der Waals surface area contributed by atoms with Crippen molar-refractivity contribution in [3.05, 3.63) is 48.3 Å². The smallest absolute Gasteiger partial charge is 0.225 e. The van der Waals surface area contributed by atoms with Crippen LogP contribution in [0.4, 0.5) is 5.95 Å². The van der Waals surface area contributed by atoms with Crippen molar-refractivity contribution < 1.29 is 4.74 Å². The third-order valence-corrected chi connectivity index (χ3v) is 5.81. The molecular formula is C22H30N6O. The normalized spacial score (nSPS) is 18.5. The number of aliphatic imine (C=N–C) groups is 1. The van der Waals surface area contributed by atoms with Gasteiger partial charge in [0.1, 0.15) is 5.75 Å². The molecule has 2 heterocycles. The summed E-state index contributed by atoms with van der Waals surface area (Å²) in [6, 6.07) is 10.2. The molecule has 1 aromatic carbocycles. The average molecular weight is 395 g/mol. The van der Waals surface area contributed by atoms with Crippen molar-refractivity contribution in [2.75, 3.05) is 51.3 Å². The van der Waals surface area contributed by atoms with E-state index in [0.29, 0.717) is 0 Å². The van der Waals surface area contributed by atoms with Crippen LogP contribution in [0.5, 0.6) is 5.75 Å². The first-order chi connectivity index (χ1) is 14.3. The molecule has 29 heavy (non-hydrogen) atoms.